The van der Waals surface area contributed by atoms with Crippen molar-refractivity contribution in [3.8, 4) is 29.0 Å². The standard InChI is InChI=1S/C26H23N7O3/c1-26(35,25-28-9-2-10-29-25)8-7-15-3-6-19-17(13-15)24-32-20(22(27)34)21(33(24)11-12-36-19)18-14-30-23(31-18)16-4-5-16/h2-3,6,9-10,13,16,35H,4-5,11-12,14H2,1H3,(H2,27,34)/t26-/m1/s1. The second kappa shape index (κ2) is 8.39. The number of nitrogens with zero attached hydrogens (tertiary/aromatic N) is 6. The zero-order chi connectivity index (χ0) is 24.9. The van der Waals surface area contributed by atoms with Crippen LogP contribution in [-0.2, 0) is 12.1 Å². The summed E-state index contributed by atoms with van der Waals surface area (Å²) >= 11 is 0. The summed E-state index contributed by atoms with van der Waals surface area (Å²) < 4.78 is 7.92. The minimum absolute atomic E-state index is 0.171. The van der Waals surface area contributed by atoms with Gasteiger partial charge in [0, 0.05) is 23.9 Å². The first-order chi connectivity index (χ1) is 17.4. The van der Waals surface area contributed by atoms with E-state index in [4.69, 9.17) is 15.5 Å². The van der Waals surface area contributed by atoms with Crippen LogP contribution < -0.4 is 10.5 Å². The fraction of sp³-hybridized carbons (Fsp3) is 0.308. The van der Waals surface area contributed by atoms with E-state index < -0.39 is 11.5 Å². The summed E-state index contributed by atoms with van der Waals surface area (Å²) in [5.41, 5.74) is 6.97. The average Bonchev–Trinajstić information content (AvgIpc) is 3.54. The Bertz CT molecular complexity index is 1510. The molecule has 1 atom stereocenters. The molecular weight excluding hydrogens is 458 g/mol. The van der Waals surface area contributed by atoms with Crippen LogP contribution in [0.1, 0.15) is 47.3 Å². The van der Waals surface area contributed by atoms with Gasteiger partial charge in [0.1, 0.15) is 24.0 Å². The topological polar surface area (TPSA) is 141 Å². The average molecular weight is 482 g/mol. The van der Waals surface area contributed by atoms with Gasteiger partial charge in [0.25, 0.3) is 5.91 Å². The molecule has 0 unspecified atom stereocenters. The van der Waals surface area contributed by atoms with Crippen molar-refractivity contribution in [2.24, 2.45) is 21.6 Å². The molecule has 10 heteroatoms. The first-order valence-corrected chi connectivity index (χ1v) is 11.7. The van der Waals surface area contributed by atoms with Crippen LogP contribution in [0.25, 0.3) is 11.4 Å². The van der Waals surface area contributed by atoms with Gasteiger partial charge in [-0.05, 0) is 44.0 Å². The maximum atomic E-state index is 12.4. The molecule has 1 saturated carbocycles. The monoisotopic (exact) mass is 481 g/mol. The number of rotatable bonds is 4. The summed E-state index contributed by atoms with van der Waals surface area (Å²) in [5.74, 6) is 7.86. The van der Waals surface area contributed by atoms with Crippen molar-refractivity contribution in [2.45, 2.75) is 31.9 Å². The lowest BCUT2D eigenvalue weighted by atomic mass is 10.0. The first-order valence-electron chi connectivity index (χ1n) is 11.7. The van der Waals surface area contributed by atoms with Gasteiger partial charge < -0.3 is 20.1 Å². The molecule has 10 nitrogen and oxygen atoms in total. The lowest BCUT2D eigenvalue weighted by Gasteiger charge is -2.13. The normalized spacial score (nSPS) is 17.8. The van der Waals surface area contributed by atoms with Gasteiger partial charge in [-0.25, -0.2) is 19.9 Å². The minimum atomic E-state index is -1.53. The molecule has 2 aromatic heterocycles. The maximum absolute atomic E-state index is 12.4. The second-order valence-electron chi connectivity index (χ2n) is 9.11. The third-order valence-electron chi connectivity index (χ3n) is 6.30. The Balaban J connectivity index is 1.42. The van der Waals surface area contributed by atoms with Crippen molar-refractivity contribution in [1.29, 1.82) is 0 Å². The highest BCUT2D eigenvalue weighted by Crippen LogP contribution is 2.36. The summed E-state index contributed by atoms with van der Waals surface area (Å²) in [6, 6.07) is 7.11. The molecule has 2 aliphatic heterocycles. The molecule has 0 bridgehead atoms. The van der Waals surface area contributed by atoms with Gasteiger partial charge in [-0.3, -0.25) is 9.79 Å². The number of hydrogen-bond acceptors (Lipinski definition) is 8. The molecule has 1 aliphatic carbocycles. The van der Waals surface area contributed by atoms with Crippen LogP contribution in [0.4, 0.5) is 0 Å². The van der Waals surface area contributed by atoms with Crippen LogP contribution in [0, 0.1) is 17.8 Å². The summed E-state index contributed by atoms with van der Waals surface area (Å²) in [6.45, 7) is 2.79. The number of aliphatic hydroxyl groups is 1. The van der Waals surface area contributed by atoms with E-state index in [1.54, 1.807) is 31.5 Å². The highest BCUT2D eigenvalue weighted by atomic mass is 16.5. The van der Waals surface area contributed by atoms with Crippen LogP contribution in [0.5, 0.6) is 5.75 Å². The third kappa shape index (κ3) is 3.93. The molecule has 36 heavy (non-hydrogen) atoms. The van der Waals surface area contributed by atoms with Gasteiger partial charge in [-0.2, -0.15) is 0 Å². The van der Waals surface area contributed by atoms with Gasteiger partial charge >= 0.3 is 0 Å². The molecular formula is C26H23N7O3. The van der Waals surface area contributed by atoms with Crippen molar-refractivity contribution in [3.05, 3.63) is 59.4 Å². The number of benzene rings is 1. The van der Waals surface area contributed by atoms with Gasteiger partial charge in [0.05, 0.1) is 30.1 Å². The van der Waals surface area contributed by atoms with E-state index in [2.05, 4.69) is 31.8 Å². The van der Waals surface area contributed by atoms with Crippen LogP contribution in [0.15, 0.2) is 46.6 Å². The molecule has 1 aromatic carbocycles. The molecule has 6 rings (SSSR count). The van der Waals surface area contributed by atoms with Crippen LogP contribution in [0.3, 0.4) is 0 Å². The molecule has 1 fully saturated rings. The Hall–Kier alpha value is -4.36. The highest BCUT2D eigenvalue weighted by Gasteiger charge is 2.34. The lowest BCUT2D eigenvalue weighted by molar-refractivity contribution is 0.0995. The number of primary amides is 1. The molecule has 3 aliphatic rings. The van der Waals surface area contributed by atoms with E-state index in [1.807, 2.05) is 16.7 Å². The van der Waals surface area contributed by atoms with Gasteiger partial charge in [-0.15, -0.1) is 0 Å². The first kappa shape index (κ1) is 22.1. The number of carbonyl (C=O) groups excluding carboxylic acids is 1. The molecule has 3 N–H and O–H groups in total. The molecule has 0 spiro atoms. The summed E-state index contributed by atoms with van der Waals surface area (Å²) in [6.07, 6.45) is 5.30. The lowest BCUT2D eigenvalue weighted by Crippen LogP contribution is -2.21. The fourth-order valence-electron chi connectivity index (χ4n) is 4.35. The number of imidazole rings is 1. The highest BCUT2D eigenvalue weighted by molar-refractivity contribution is 6.16. The zero-order valence-corrected chi connectivity index (χ0v) is 19.6. The van der Waals surface area contributed by atoms with E-state index >= 15 is 0 Å². The number of nitrogens with two attached hydrogens (primary N) is 1. The molecule has 4 heterocycles. The Morgan fingerprint density at radius 1 is 1.28 bits per heavy atom. The summed E-state index contributed by atoms with van der Waals surface area (Å²) in [7, 11) is 0. The van der Waals surface area contributed by atoms with E-state index in [0.29, 0.717) is 59.7 Å². The second-order valence-corrected chi connectivity index (χ2v) is 9.11. The Labute approximate surface area is 207 Å². The number of amidine groups is 1. The van der Waals surface area contributed by atoms with E-state index in [1.165, 1.54) is 0 Å². The van der Waals surface area contributed by atoms with Crippen LogP contribution in [-0.4, -0.2) is 55.2 Å². The number of carbonyl (C=O) groups is 1. The van der Waals surface area contributed by atoms with E-state index in [0.717, 1.165) is 18.7 Å². The molecule has 0 saturated heterocycles. The van der Waals surface area contributed by atoms with Crippen LogP contribution >= 0.6 is 0 Å². The molecule has 3 aromatic rings. The quantitative estimate of drug-likeness (QED) is 0.544. The summed E-state index contributed by atoms with van der Waals surface area (Å²) in [4.78, 5) is 34.5. The predicted molar refractivity (Wildman–Crippen MR) is 132 cm³/mol. The van der Waals surface area contributed by atoms with Crippen molar-refractivity contribution in [3.63, 3.8) is 0 Å². The maximum Gasteiger partial charge on any atom is 0.269 e. The fourth-order valence-corrected chi connectivity index (χ4v) is 4.35. The molecule has 1 amide bonds. The van der Waals surface area contributed by atoms with E-state index in [9.17, 15) is 9.90 Å². The molecule has 180 valence electrons. The van der Waals surface area contributed by atoms with Gasteiger partial charge in [0.2, 0.25) is 0 Å². The Morgan fingerprint density at radius 3 is 2.83 bits per heavy atom. The number of ether oxygens (including phenoxy) is 1. The Morgan fingerprint density at radius 2 is 2.08 bits per heavy atom. The van der Waals surface area contributed by atoms with Gasteiger partial charge in [-0.1, -0.05) is 11.8 Å². The Kier molecular flexibility index (Phi) is 5.16. The predicted octanol–water partition coefficient (Wildman–Crippen LogP) is 1.70. The SMILES string of the molecule is C[C@@](O)(C#Cc1ccc2c(c1)-c1nc(C(N)=O)c(C3=NC(C4CC4)=NC3)n1CCO2)c1ncccn1. The minimum Gasteiger partial charge on any atom is -0.491 e. The smallest absolute Gasteiger partial charge is 0.269 e. The number of aliphatic imine (C=N–C) groups is 2. The van der Waals surface area contributed by atoms with Crippen molar-refractivity contribution in [1.82, 2.24) is 19.5 Å². The third-order valence-corrected chi connectivity index (χ3v) is 6.30. The largest absolute Gasteiger partial charge is 0.491 e. The zero-order valence-electron chi connectivity index (χ0n) is 19.6. The number of amides is 1. The van der Waals surface area contributed by atoms with Crippen molar-refractivity contribution < 1.29 is 14.6 Å². The van der Waals surface area contributed by atoms with E-state index in [-0.39, 0.29) is 11.5 Å². The van der Waals surface area contributed by atoms with Crippen molar-refractivity contribution in [2.75, 3.05) is 13.2 Å². The number of fused-ring (bicyclic) bond motifs is 3. The van der Waals surface area contributed by atoms with Gasteiger partial charge in [0.15, 0.2) is 17.1 Å². The number of aromatic nitrogens is 4. The number of hydrogen-bond donors (Lipinski definition) is 2. The van der Waals surface area contributed by atoms with Crippen molar-refractivity contribution >= 4 is 17.5 Å². The van der Waals surface area contributed by atoms with Crippen LogP contribution in [0.2, 0.25) is 0 Å². The molecule has 0 radical (unpaired) electrons. The summed E-state index contributed by atoms with van der Waals surface area (Å²) in [5, 5.41) is 10.8.